The maximum atomic E-state index is 10.8. The van der Waals surface area contributed by atoms with Crippen LogP contribution in [0, 0.1) is 0 Å². The van der Waals surface area contributed by atoms with E-state index in [0.717, 1.165) is 17.3 Å². The Labute approximate surface area is 96.3 Å². The molecule has 0 radical (unpaired) electrons. The van der Waals surface area contributed by atoms with Gasteiger partial charge in [-0.05, 0) is 0 Å². The summed E-state index contributed by atoms with van der Waals surface area (Å²) in [5.41, 5.74) is 1.08. The molecule has 1 aromatic carbocycles. The molecule has 0 aliphatic carbocycles. The summed E-state index contributed by atoms with van der Waals surface area (Å²) >= 11 is 0.857. The third-order valence-electron chi connectivity index (χ3n) is 1.70. The van der Waals surface area contributed by atoms with Gasteiger partial charge in [-0.1, -0.05) is 30.3 Å². The number of hydrogen-bond acceptors (Lipinski definition) is 6. The zero-order valence-electron chi connectivity index (χ0n) is 7.90. The molecular formula is C8H7N3O3S2. The van der Waals surface area contributed by atoms with Crippen LogP contribution in [0.25, 0.3) is 11.3 Å². The van der Waals surface area contributed by atoms with E-state index in [2.05, 4.69) is 12.9 Å². The Balaban J connectivity index is 2.41. The Bertz CT molecular complexity index is 580. The quantitative estimate of drug-likeness (QED) is 0.877. The van der Waals surface area contributed by atoms with E-state index in [0.29, 0.717) is 5.69 Å². The molecule has 8 heteroatoms. The SMILES string of the molecule is NS(=O)(=O)Oc1nsnc1-c1ccccc1. The highest BCUT2D eigenvalue weighted by Crippen LogP contribution is 2.27. The summed E-state index contributed by atoms with van der Waals surface area (Å²) in [4.78, 5) is 0. The van der Waals surface area contributed by atoms with Gasteiger partial charge in [0, 0.05) is 5.56 Å². The summed E-state index contributed by atoms with van der Waals surface area (Å²) in [6, 6.07) is 8.98. The number of hydrogen-bond donors (Lipinski definition) is 1. The molecule has 6 nitrogen and oxygen atoms in total. The summed E-state index contributed by atoms with van der Waals surface area (Å²) in [5.74, 6) is -0.0984. The van der Waals surface area contributed by atoms with E-state index in [4.69, 9.17) is 5.14 Å². The highest BCUT2D eigenvalue weighted by Gasteiger charge is 2.16. The molecule has 16 heavy (non-hydrogen) atoms. The predicted octanol–water partition coefficient (Wildman–Crippen LogP) is 0.787. The van der Waals surface area contributed by atoms with Gasteiger partial charge < -0.3 is 4.18 Å². The lowest BCUT2D eigenvalue weighted by molar-refractivity contribution is 0.481. The molecule has 2 rings (SSSR count). The lowest BCUT2D eigenvalue weighted by Crippen LogP contribution is -2.19. The summed E-state index contributed by atoms with van der Waals surface area (Å²) < 4.78 is 33.7. The minimum absolute atomic E-state index is 0.0984. The monoisotopic (exact) mass is 257 g/mol. The molecule has 0 unspecified atom stereocenters. The van der Waals surface area contributed by atoms with Crippen LogP contribution in [0.5, 0.6) is 5.88 Å². The van der Waals surface area contributed by atoms with E-state index in [9.17, 15) is 8.42 Å². The molecule has 0 amide bonds. The van der Waals surface area contributed by atoms with Gasteiger partial charge in [0.05, 0.1) is 11.7 Å². The van der Waals surface area contributed by atoms with Crippen molar-refractivity contribution in [1.29, 1.82) is 0 Å². The molecule has 0 spiro atoms. The van der Waals surface area contributed by atoms with Crippen LogP contribution in [0.3, 0.4) is 0 Å². The van der Waals surface area contributed by atoms with Crippen molar-refractivity contribution in [2.45, 2.75) is 0 Å². The van der Waals surface area contributed by atoms with Crippen molar-refractivity contribution in [3.8, 4) is 17.1 Å². The fourth-order valence-corrected chi connectivity index (χ4v) is 2.00. The van der Waals surface area contributed by atoms with Gasteiger partial charge >= 0.3 is 10.3 Å². The number of rotatable bonds is 3. The third kappa shape index (κ3) is 2.54. The maximum absolute atomic E-state index is 10.8. The lowest BCUT2D eigenvalue weighted by Gasteiger charge is -2.00. The second-order valence-electron chi connectivity index (χ2n) is 2.86. The molecular weight excluding hydrogens is 250 g/mol. The Morgan fingerprint density at radius 3 is 2.50 bits per heavy atom. The van der Waals surface area contributed by atoms with Crippen molar-refractivity contribution in [2.75, 3.05) is 0 Å². The first-order chi connectivity index (χ1) is 7.56. The minimum atomic E-state index is -4.07. The van der Waals surface area contributed by atoms with Gasteiger partial charge in [-0.15, -0.1) is 4.37 Å². The Morgan fingerprint density at radius 2 is 1.88 bits per heavy atom. The van der Waals surface area contributed by atoms with Crippen LogP contribution in [0.2, 0.25) is 0 Å². The first kappa shape index (κ1) is 11.0. The second kappa shape index (κ2) is 4.16. The normalized spacial score (nSPS) is 11.3. The van der Waals surface area contributed by atoms with Gasteiger partial charge in [-0.25, -0.2) is 0 Å². The van der Waals surface area contributed by atoms with Crippen LogP contribution in [-0.4, -0.2) is 17.2 Å². The summed E-state index contributed by atoms with van der Waals surface area (Å²) in [5, 5.41) is 4.76. The summed E-state index contributed by atoms with van der Waals surface area (Å²) in [6.45, 7) is 0. The van der Waals surface area contributed by atoms with Crippen LogP contribution >= 0.6 is 11.7 Å². The lowest BCUT2D eigenvalue weighted by atomic mass is 10.2. The Hall–Kier alpha value is -1.51. The average molecular weight is 257 g/mol. The van der Waals surface area contributed by atoms with E-state index in [1.54, 1.807) is 24.3 Å². The van der Waals surface area contributed by atoms with Gasteiger partial charge in [-0.3, -0.25) is 0 Å². The van der Waals surface area contributed by atoms with Gasteiger partial charge in [0.25, 0.3) is 5.88 Å². The summed E-state index contributed by atoms with van der Waals surface area (Å²) in [6.07, 6.45) is 0. The largest absolute Gasteiger partial charge is 0.381 e. The van der Waals surface area contributed by atoms with Gasteiger partial charge in [0.1, 0.15) is 5.69 Å². The molecule has 2 N–H and O–H groups in total. The van der Waals surface area contributed by atoms with E-state index in [1.165, 1.54) is 0 Å². The third-order valence-corrected chi connectivity index (χ3v) is 2.60. The standard InChI is InChI=1S/C8H7N3O3S2/c9-16(12,13)14-8-7(10-15-11-8)6-4-2-1-3-5-6/h1-5H,(H2,9,12,13). The molecule has 1 heterocycles. The highest BCUT2D eigenvalue weighted by atomic mass is 32.2. The predicted molar refractivity (Wildman–Crippen MR) is 59.1 cm³/mol. The molecule has 0 saturated carbocycles. The molecule has 0 bridgehead atoms. The highest BCUT2D eigenvalue weighted by molar-refractivity contribution is 7.84. The van der Waals surface area contributed by atoms with Crippen molar-refractivity contribution in [2.24, 2.45) is 5.14 Å². The minimum Gasteiger partial charge on any atom is -0.347 e. The second-order valence-corrected chi connectivity index (χ2v) is 4.54. The van der Waals surface area contributed by atoms with Crippen molar-refractivity contribution in [3.63, 3.8) is 0 Å². The average Bonchev–Trinajstić information content (AvgIpc) is 2.64. The topological polar surface area (TPSA) is 95.2 Å². The Kier molecular flexibility index (Phi) is 2.86. The smallest absolute Gasteiger partial charge is 0.347 e. The van der Waals surface area contributed by atoms with E-state index in [-0.39, 0.29) is 5.88 Å². The fourth-order valence-electron chi connectivity index (χ4n) is 1.12. The summed E-state index contributed by atoms with van der Waals surface area (Å²) in [7, 11) is -4.07. The molecule has 0 fully saturated rings. The van der Waals surface area contributed by atoms with E-state index < -0.39 is 10.3 Å². The van der Waals surface area contributed by atoms with Crippen molar-refractivity contribution >= 4 is 22.0 Å². The van der Waals surface area contributed by atoms with Crippen LogP contribution in [0.4, 0.5) is 0 Å². The molecule has 1 aromatic heterocycles. The van der Waals surface area contributed by atoms with Gasteiger partial charge in [0.15, 0.2) is 0 Å². The number of aromatic nitrogens is 2. The number of nitrogens with zero attached hydrogens (tertiary/aromatic N) is 2. The van der Waals surface area contributed by atoms with Gasteiger partial charge in [0.2, 0.25) is 0 Å². The molecule has 0 saturated heterocycles. The molecule has 0 aliphatic rings. The van der Waals surface area contributed by atoms with Crippen molar-refractivity contribution in [3.05, 3.63) is 30.3 Å². The maximum Gasteiger partial charge on any atom is 0.381 e. The van der Waals surface area contributed by atoms with Crippen molar-refractivity contribution < 1.29 is 12.6 Å². The van der Waals surface area contributed by atoms with Crippen LogP contribution in [-0.2, 0) is 10.3 Å². The first-order valence-corrected chi connectivity index (χ1v) is 6.36. The Morgan fingerprint density at radius 1 is 1.19 bits per heavy atom. The number of nitrogens with two attached hydrogens (primary N) is 1. The first-order valence-electron chi connectivity index (χ1n) is 4.16. The van der Waals surface area contributed by atoms with Crippen LogP contribution < -0.4 is 9.32 Å². The zero-order chi connectivity index (χ0) is 11.6. The fraction of sp³-hybridized carbons (Fsp3) is 0. The van der Waals surface area contributed by atoms with E-state index in [1.807, 2.05) is 6.07 Å². The zero-order valence-corrected chi connectivity index (χ0v) is 9.53. The van der Waals surface area contributed by atoms with Gasteiger partial charge in [-0.2, -0.15) is 17.9 Å². The van der Waals surface area contributed by atoms with Crippen molar-refractivity contribution in [1.82, 2.24) is 8.75 Å². The van der Waals surface area contributed by atoms with Crippen LogP contribution in [0.1, 0.15) is 0 Å². The molecule has 0 atom stereocenters. The number of benzene rings is 1. The van der Waals surface area contributed by atoms with Crippen LogP contribution in [0.15, 0.2) is 30.3 Å². The molecule has 2 aromatic rings. The molecule has 0 aliphatic heterocycles. The molecule has 84 valence electrons. The van der Waals surface area contributed by atoms with E-state index >= 15 is 0 Å².